The molecule has 0 radical (unpaired) electrons. The quantitative estimate of drug-likeness (QED) is 0.645. The minimum Gasteiger partial charge on any atom is -0.480 e. The van der Waals surface area contributed by atoms with Crippen LogP contribution in [0.25, 0.3) is 0 Å². The number of hydrogen-bond acceptors (Lipinski definition) is 5. The van der Waals surface area contributed by atoms with Crippen LogP contribution in [0.15, 0.2) is 24.3 Å². The number of benzene rings is 1. The lowest BCUT2D eigenvalue weighted by molar-refractivity contribution is -0.385. The standard InChI is InChI=1S/C13H16N2O5/c1-7-8(2)20-12(14-11(7)13(16)17)9-4-3-5-10(6-9)15(18)19/h3-8,11-12,14H,1-2H3,(H,16,17)/t7-,8-,11-,12+/m0/s1. The van der Waals surface area contributed by atoms with Crippen LogP contribution < -0.4 is 5.32 Å². The van der Waals surface area contributed by atoms with Crippen LogP contribution in [0.2, 0.25) is 0 Å². The first-order valence-electron chi connectivity index (χ1n) is 6.29. The van der Waals surface area contributed by atoms with Gasteiger partial charge in [0, 0.05) is 23.6 Å². The number of carboxylic acid groups (broad SMARTS) is 1. The Hall–Kier alpha value is -1.99. The molecule has 7 nitrogen and oxygen atoms in total. The average Bonchev–Trinajstić information content (AvgIpc) is 2.41. The second-order valence-electron chi connectivity index (χ2n) is 4.92. The molecule has 1 aromatic rings. The van der Waals surface area contributed by atoms with Gasteiger partial charge in [-0.3, -0.25) is 20.2 Å². The predicted octanol–water partition coefficient (Wildman–Crippen LogP) is 1.69. The van der Waals surface area contributed by atoms with Crippen LogP contribution in [0.5, 0.6) is 0 Å². The van der Waals surface area contributed by atoms with E-state index in [1.807, 2.05) is 0 Å². The number of carboxylic acids is 1. The maximum absolute atomic E-state index is 11.2. The summed E-state index contributed by atoms with van der Waals surface area (Å²) in [5.74, 6) is -1.15. The number of nitro groups is 1. The van der Waals surface area contributed by atoms with Crippen molar-refractivity contribution in [2.45, 2.75) is 32.2 Å². The van der Waals surface area contributed by atoms with Crippen molar-refractivity contribution < 1.29 is 19.6 Å². The molecular formula is C13H16N2O5. The van der Waals surface area contributed by atoms with Gasteiger partial charge in [-0.15, -0.1) is 0 Å². The molecule has 2 rings (SSSR count). The van der Waals surface area contributed by atoms with E-state index in [-0.39, 0.29) is 17.7 Å². The topological polar surface area (TPSA) is 102 Å². The molecule has 0 amide bonds. The summed E-state index contributed by atoms with van der Waals surface area (Å²) in [5.41, 5.74) is 0.496. The first kappa shape index (κ1) is 14.4. The first-order valence-corrected chi connectivity index (χ1v) is 6.29. The van der Waals surface area contributed by atoms with E-state index in [4.69, 9.17) is 4.74 Å². The number of aliphatic carboxylic acids is 1. The average molecular weight is 280 g/mol. The van der Waals surface area contributed by atoms with Crippen molar-refractivity contribution >= 4 is 11.7 Å². The van der Waals surface area contributed by atoms with Crippen LogP contribution in [0, 0.1) is 16.0 Å². The Balaban J connectivity index is 2.26. The number of nitrogens with zero attached hydrogens (tertiary/aromatic N) is 1. The number of nitrogens with one attached hydrogen (secondary N) is 1. The summed E-state index contributed by atoms with van der Waals surface area (Å²) in [6, 6.07) is 5.25. The molecule has 2 N–H and O–H groups in total. The SMILES string of the molecule is C[C@H]1[C@H](C)O[C@H](c2cccc([N+](=O)[O-])c2)N[C@@H]1C(=O)O. The minimum absolute atomic E-state index is 0.0500. The molecule has 7 heteroatoms. The van der Waals surface area contributed by atoms with Crippen LogP contribution in [-0.4, -0.2) is 28.1 Å². The van der Waals surface area contributed by atoms with Crippen molar-refractivity contribution in [2.24, 2.45) is 5.92 Å². The number of hydrogen-bond donors (Lipinski definition) is 2. The van der Waals surface area contributed by atoms with E-state index in [1.54, 1.807) is 26.0 Å². The lowest BCUT2D eigenvalue weighted by Gasteiger charge is -2.38. The Bertz CT molecular complexity index is 533. The molecule has 0 aliphatic carbocycles. The van der Waals surface area contributed by atoms with E-state index in [0.717, 1.165) is 0 Å². The van der Waals surface area contributed by atoms with Gasteiger partial charge in [0.05, 0.1) is 11.0 Å². The molecule has 1 saturated heterocycles. The van der Waals surface area contributed by atoms with Crippen LogP contribution in [0.1, 0.15) is 25.6 Å². The smallest absolute Gasteiger partial charge is 0.321 e. The normalized spacial score (nSPS) is 29.9. The third-order valence-electron chi connectivity index (χ3n) is 3.60. The van der Waals surface area contributed by atoms with Gasteiger partial charge in [-0.25, -0.2) is 0 Å². The number of ether oxygens (including phenoxy) is 1. The van der Waals surface area contributed by atoms with Crippen molar-refractivity contribution in [1.29, 1.82) is 0 Å². The summed E-state index contributed by atoms with van der Waals surface area (Å²) < 4.78 is 5.70. The molecular weight excluding hydrogens is 264 g/mol. The van der Waals surface area contributed by atoms with E-state index in [0.29, 0.717) is 5.56 Å². The lowest BCUT2D eigenvalue weighted by Crippen LogP contribution is -2.53. The number of rotatable bonds is 3. The largest absolute Gasteiger partial charge is 0.480 e. The Kier molecular flexibility index (Phi) is 4.01. The molecule has 1 aliphatic rings. The summed E-state index contributed by atoms with van der Waals surface area (Å²) in [4.78, 5) is 21.5. The van der Waals surface area contributed by atoms with Crippen LogP contribution >= 0.6 is 0 Å². The number of non-ortho nitro benzene ring substituents is 1. The fraction of sp³-hybridized carbons (Fsp3) is 0.462. The zero-order chi connectivity index (χ0) is 14.9. The van der Waals surface area contributed by atoms with Gasteiger partial charge in [-0.2, -0.15) is 0 Å². The van der Waals surface area contributed by atoms with Crippen LogP contribution in [-0.2, 0) is 9.53 Å². The zero-order valence-electron chi connectivity index (χ0n) is 11.1. The Morgan fingerprint density at radius 1 is 1.45 bits per heavy atom. The van der Waals surface area contributed by atoms with Gasteiger partial charge in [-0.05, 0) is 6.92 Å². The highest BCUT2D eigenvalue weighted by molar-refractivity contribution is 5.74. The third-order valence-corrected chi connectivity index (χ3v) is 3.60. The molecule has 20 heavy (non-hydrogen) atoms. The summed E-state index contributed by atoms with van der Waals surface area (Å²) >= 11 is 0. The summed E-state index contributed by atoms with van der Waals surface area (Å²) in [6.07, 6.45) is -0.927. The van der Waals surface area contributed by atoms with Gasteiger partial charge in [0.1, 0.15) is 12.3 Å². The highest BCUT2D eigenvalue weighted by Crippen LogP contribution is 2.29. The molecule has 0 saturated carbocycles. The summed E-state index contributed by atoms with van der Waals surface area (Å²) in [5, 5.41) is 22.9. The second-order valence-corrected chi connectivity index (χ2v) is 4.92. The first-order chi connectivity index (χ1) is 9.40. The monoisotopic (exact) mass is 280 g/mol. The molecule has 1 heterocycles. The predicted molar refractivity (Wildman–Crippen MR) is 70.1 cm³/mol. The fourth-order valence-electron chi connectivity index (χ4n) is 2.24. The van der Waals surface area contributed by atoms with Crippen molar-refractivity contribution in [3.05, 3.63) is 39.9 Å². The van der Waals surface area contributed by atoms with Gasteiger partial charge in [-0.1, -0.05) is 19.1 Å². The van der Waals surface area contributed by atoms with E-state index < -0.39 is 23.2 Å². The molecule has 1 aromatic carbocycles. The van der Waals surface area contributed by atoms with Crippen molar-refractivity contribution in [3.8, 4) is 0 Å². The lowest BCUT2D eigenvalue weighted by atomic mass is 9.93. The minimum atomic E-state index is -0.955. The Morgan fingerprint density at radius 2 is 2.15 bits per heavy atom. The van der Waals surface area contributed by atoms with Gasteiger partial charge < -0.3 is 9.84 Å². The maximum Gasteiger partial charge on any atom is 0.321 e. The van der Waals surface area contributed by atoms with Gasteiger partial charge in [0.2, 0.25) is 0 Å². The summed E-state index contributed by atoms with van der Waals surface area (Å²) in [7, 11) is 0. The molecule has 0 unspecified atom stereocenters. The van der Waals surface area contributed by atoms with Crippen LogP contribution in [0.4, 0.5) is 5.69 Å². The van der Waals surface area contributed by atoms with Gasteiger partial charge >= 0.3 is 5.97 Å². The Labute approximate surface area is 115 Å². The molecule has 4 atom stereocenters. The molecule has 0 spiro atoms. The number of carbonyl (C=O) groups is 1. The van der Waals surface area contributed by atoms with Gasteiger partial charge in [0.15, 0.2) is 0 Å². The van der Waals surface area contributed by atoms with Gasteiger partial charge in [0.25, 0.3) is 5.69 Å². The van der Waals surface area contributed by atoms with Crippen molar-refractivity contribution in [1.82, 2.24) is 5.32 Å². The highest BCUT2D eigenvalue weighted by Gasteiger charge is 2.38. The van der Waals surface area contributed by atoms with E-state index >= 15 is 0 Å². The molecule has 0 bridgehead atoms. The molecule has 0 aromatic heterocycles. The fourth-order valence-corrected chi connectivity index (χ4v) is 2.24. The molecule has 1 fully saturated rings. The molecule has 108 valence electrons. The summed E-state index contributed by atoms with van der Waals surface area (Å²) in [6.45, 7) is 3.59. The van der Waals surface area contributed by atoms with E-state index in [1.165, 1.54) is 12.1 Å². The Morgan fingerprint density at radius 3 is 2.75 bits per heavy atom. The highest BCUT2D eigenvalue weighted by atomic mass is 16.6. The second kappa shape index (κ2) is 5.56. The van der Waals surface area contributed by atoms with Crippen LogP contribution in [0.3, 0.4) is 0 Å². The third kappa shape index (κ3) is 2.78. The van der Waals surface area contributed by atoms with E-state index in [2.05, 4.69) is 5.32 Å². The van der Waals surface area contributed by atoms with Crippen molar-refractivity contribution in [3.63, 3.8) is 0 Å². The van der Waals surface area contributed by atoms with E-state index in [9.17, 15) is 20.0 Å². The molecule has 1 aliphatic heterocycles. The van der Waals surface area contributed by atoms with Crippen molar-refractivity contribution in [2.75, 3.05) is 0 Å². The number of nitro benzene ring substituents is 1. The zero-order valence-corrected chi connectivity index (χ0v) is 11.1. The maximum atomic E-state index is 11.2.